The van der Waals surface area contributed by atoms with Gasteiger partial charge in [0.15, 0.2) is 0 Å². The van der Waals surface area contributed by atoms with Gasteiger partial charge in [0.1, 0.15) is 49.3 Å². The number of rotatable bonds is 21. The van der Waals surface area contributed by atoms with Crippen LogP contribution in [0.2, 0.25) is 0 Å². The van der Waals surface area contributed by atoms with Gasteiger partial charge in [-0.2, -0.15) is 0 Å². The Morgan fingerprint density at radius 2 is 1.15 bits per heavy atom. The number of aliphatic hydroxyl groups is 6. The van der Waals surface area contributed by atoms with Crippen LogP contribution in [0.5, 0.6) is 0 Å². The Morgan fingerprint density at radius 1 is 0.744 bits per heavy atom. The van der Waals surface area contributed by atoms with Crippen molar-refractivity contribution in [2.75, 3.05) is 13.2 Å². The summed E-state index contributed by atoms with van der Waals surface area (Å²) >= 11 is 0. The molecule has 1 saturated carbocycles. The van der Waals surface area contributed by atoms with Crippen LogP contribution in [0.4, 0.5) is 0 Å². The van der Waals surface area contributed by atoms with Gasteiger partial charge in [-0.15, -0.1) is 0 Å². The molecule has 1 aliphatic carbocycles. The molecule has 226 valence electrons. The number of carbonyl (C=O) groups excluding carboxylic acids is 1. The zero-order valence-corrected chi connectivity index (χ0v) is 26.3. The van der Waals surface area contributed by atoms with E-state index >= 15 is 0 Å². The topological polar surface area (TPSA) is 206 Å². The number of phosphoric ester groups is 1. The Hall–Kier alpha value is 0.340. The molecular weight excluding hydrogens is 546 g/mol. The summed E-state index contributed by atoms with van der Waals surface area (Å²) in [6.07, 6.45) is 2.08. The monoisotopic (exact) mass is 594 g/mol. The Bertz CT molecular complexity index is 671. The van der Waals surface area contributed by atoms with Crippen molar-refractivity contribution in [3.63, 3.8) is 0 Å². The maximum absolute atomic E-state index is 12.0. The van der Waals surface area contributed by atoms with Crippen molar-refractivity contribution in [2.24, 2.45) is 0 Å². The molecule has 1 fully saturated rings. The van der Waals surface area contributed by atoms with Crippen LogP contribution in [0.3, 0.4) is 0 Å². The van der Waals surface area contributed by atoms with E-state index in [0.717, 1.165) is 19.3 Å². The van der Waals surface area contributed by atoms with Crippen LogP contribution in [0.15, 0.2) is 0 Å². The number of hydrogen-bond donors (Lipinski definition) is 6. The maximum Gasteiger partial charge on any atom is 1.00 e. The number of hydrogen-bond acceptors (Lipinski definition) is 12. The molecule has 6 atom stereocenters. The van der Waals surface area contributed by atoms with Crippen LogP contribution in [0.1, 0.15) is 96.8 Å². The molecule has 0 radical (unpaired) electrons. The molecule has 0 amide bonds. The van der Waals surface area contributed by atoms with E-state index in [1.54, 1.807) is 0 Å². The van der Waals surface area contributed by atoms with Gasteiger partial charge in [-0.3, -0.25) is 9.36 Å². The SMILES string of the molecule is CCCCCCCCCCCCCCCC(=O)OCC(O)COP(=O)([O-])OC1C(O)C(O)C(O)C(O)C1O.[Na+]. The molecule has 0 spiro atoms. The second-order valence-electron chi connectivity index (χ2n) is 10.1. The Labute approximate surface area is 254 Å². The van der Waals surface area contributed by atoms with E-state index in [2.05, 4.69) is 16.0 Å². The van der Waals surface area contributed by atoms with Crippen molar-refractivity contribution in [3.05, 3.63) is 0 Å². The summed E-state index contributed by atoms with van der Waals surface area (Å²) in [5.74, 6) is -0.524. The molecule has 0 heterocycles. The fraction of sp³-hybridized carbons (Fsp3) is 0.960. The molecule has 6 N–H and O–H groups in total. The van der Waals surface area contributed by atoms with E-state index in [0.29, 0.717) is 6.42 Å². The van der Waals surface area contributed by atoms with Crippen molar-refractivity contribution in [3.8, 4) is 0 Å². The summed E-state index contributed by atoms with van der Waals surface area (Å²) < 4.78 is 25.9. The molecule has 0 aromatic rings. The normalized spacial score (nSPS) is 27.4. The minimum Gasteiger partial charge on any atom is -0.756 e. The molecule has 1 rings (SSSR count). The Kier molecular flexibility index (Phi) is 22.1. The van der Waals surface area contributed by atoms with E-state index < -0.39 is 69.7 Å². The maximum atomic E-state index is 12.0. The van der Waals surface area contributed by atoms with E-state index in [1.807, 2.05) is 0 Å². The first-order valence-electron chi connectivity index (χ1n) is 13.9. The van der Waals surface area contributed by atoms with Gasteiger partial charge in [-0.05, 0) is 6.42 Å². The molecule has 39 heavy (non-hydrogen) atoms. The summed E-state index contributed by atoms with van der Waals surface area (Å²) in [6, 6.07) is 0. The number of unbranched alkanes of at least 4 members (excludes halogenated alkanes) is 12. The molecule has 6 unspecified atom stereocenters. The molecule has 0 aromatic heterocycles. The van der Waals surface area contributed by atoms with E-state index in [9.17, 15) is 44.9 Å². The zero-order chi connectivity index (χ0) is 28.6. The number of esters is 1. The fourth-order valence-corrected chi connectivity index (χ4v) is 5.24. The third-order valence-corrected chi connectivity index (χ3v) is 7.64. The minimum absolute atomic E-state index is 0. The average Bonchev–Trinajstić information content (AvgIpc) is 2.89. The van der Waals surface area contributed by atoms with Gasteiger partial charge in [0.05, 0.1) is 6.61 Å². The fourth-order valence-electron chi connectivity index (χ4n) is 4.27. The first kappa shape index (κ1) is 39.3. The van der Waals surface area contributed by atoms with Crippen LogP contribution >= 0.6 is 7.82 Å². The molecule has 1 aliphatic rings. The summed E-state index contributed by atoms with van der Waals surface area (Å²) in [7, 11) is -5.23. The van der Waals surface area contributed by atoms with E-state index in [1.165, 1.54) is 57.8 Å². The second kappa shape index (κ2) is 22.0. The van der Waals surface area contributed by atoms with Crippen molar-refractivity contribution in [1.82, 2.24) is 0 Å². The molecule has 0 aliphatic heterocycles. The molecule has 0 saturated heterocycles. The largest absolute Gasteiger partial charge is 1.00 e. The summed E-state index contributed by atoms with van der Waals surface area (Å²) in [6.45, 7) is 0.881. The van der Waals surface area contributed by atoms with Crippen molar-refractivity contribution in [1.29, 1.82) is 0 Å². The molecular formula is C25H48NaO12P. The first-order valence-corrected chi connectivity index (χ1v) is 15.3. The average molecular weight is 595 g/mol. The smallest absolute Gasteiger partial charge is 0.756 e. The van der Waals surface area contributed by atoms with Gasteiger partial charge < -0.3 is 49.3 Å². The Balaban J connectivity index is 0.0000144. The van der Waals surface area contributed by atoms with E-state index in [-0.39, 0.29) is 36.0 Å². The predicted octanol–water partition coefficient (Wildman–Crippen LogP) is -1.94. The minimum atomic E-state index is -5.23. The second-order valence-corrected chi connectivity index (χ2v) is 11.5. The quantitative estimate of drug-likeness (QED) is 0.0372. The van der Waals surface area contributed by atoms with Gasteiger partial charge in [-0.1, -0.05) is 84.0 Å². The third-order valence-electron chi connectivity index (χ3n) is 6.67. The number of carbonyl (C=O) groups is 1. The van der Waals surface area contributed by atoms with Crippen LogP contribution in [0.25, 0.3) is 0 Å². The molecule has 14 heteroatoms. The molecule has 12 nitrogen and oxygen atoms in total. The Morgan fingerprint density at radius 3 is 1.62 bits per heavy atom. The summed E-state index contributed by atoms with van der Waals surface area (Å²) in [5, 5.41) is 58.3. The van der Waals surface area contributed by atoms with E-state index in [4.69, 9.17) is 4.74 Å². The van der Waals surface area contributed by atoms with Crippen LogP contribution in [0, 0.1) is 0 Å². The molecule has 0 bridgehead atoms. The van der Waals surface area contributed by atoms with Crippen molar-refractivity contribution >= 4 is 13.8 Å². The van der Waals surface area contributed by atoms with Crippen LogP contribution < -0.4 is 34.5 Å². The summed E-state index contributed by atoms with van der Waals surface area (Å²) in [4.78, 5) is 23.8. The van der Waals surface area contributed by atoms with Gasteiger partial charge in [0.25, 0.3) is 7.82 Å². The van der Waals surface area contributed by atoms with Crippen LogP contribution in [-0.2, 0) is 23.1 Å². The first-order chi connectivity index (χ1) is 18.0. The van der Waals surface area contributed by atoms with Gasteiger partial charge >= 0.3 is 35.5 Å². The van der Waals surface area contributed by atoms with Gasteiger partial charge in [-0.25, -0.2) is 0 Å². The number of aliphatic hydroxyl groups excluding tert-OH is 6. The van der Waals surface area contributed by atoms with Gasteiger partial charge in [0, 0.05) is 6.42 Å². The predicted molar refractivity (Wildman–Crippen MR) is 136 cm³/mol. The zero-order valence-electron chi connectivity index (χ0n) is 23.4. The van der Waals surface area contributed by atoms with Crippen molar-refractivity contribution < 1.29 is 88.2 Å². The summed E-state index contributed by atoms with van der Waals surface area (Å²) in [5.41, 5.74) is 0. The van der Waals surface area contributed by atoms with Crippen LogP contribution in [-0.4, -0.2) is 92.5 Å². The third kappa shape index (κ3) is 16.5. The number of phosphoric acid groups is 1. The number of ether oxygens (including phenoxy) is 1. The van der Waals surface area contributed by atoms with Crippen molar-refractivity contribution in [2.45, 2.75) is 140 Å². The standard InChI is InChI=1S/C25H49O12P.Na/c1-2-3-4-5-6-7-8-9-10-11-12-13-14-15-19(27)35-16-18(26)17-36-38(33,34)37-25-23(31)21(29)20(28)22(30)24(25)32;/h18,20-26,28-32H,2-17H2,1H3,(H,33,34);/q;+1/p-1. The molecule has 0 aromatic carbocycles. The van der Waals surface area contributed by atoms with Gasteiger partial charge in [0.2, 0.25) is 0 Å².